The molecule has 0 saturated heterocycles. The van der Waals surface area contributed by atoms with Crippen molar-refractivity contribution >= 4 is 22.6 Å². The molecule has 1 heterocycles. The molecule has 1 N–H and O–H groups in total. The maximum Gasteiger partial charge on any atom is 0.359 e. The van der Waals surface area contributed by atoms with Gasteiger partial charge in [0.1, 0.15) is 0 Å². The summed E-state index contributed by atoms with van der Waals surface area (Å²) in [6.07, 6.45) is 7.72. The van der Waals surface area contributed by atoms with Gasteiger partial charge in [-0.1, -0.05) is 43.7 Å². The first-order valence-corrected chi connectivity index (χ1v) is 10.6. The quantitative estimate of drug-likeness (QED) is 0.532. The second-order valence-corrected chi connectivity index (χ2v) is 8.06. The fourth-order valence-corrected chi connectivity index (χ4v) is 3.60. The van der Waals surface area contributed by atoms with Gasteiger partial charge in [0.25, 0.3) is 11.5 Å². The third kappa shape index (κ3) is 5.55. The molecular weight excluding hydrogens is 382 g/mol. The number of rotatable bonds is 8. The minimum absolute atomic E-state index is 0.0472. The third-order valence-corrected chi connectivity index (χ3v) is 5.09. The second-order valence-electron chi connectivity index (χ2n) is 8.06. The Kier molecular flexibility index (Phi) is 7.38. The Hall–Kier alpha value is -2.96. The number of allylic oxidation sites excluding steroid dienone is 1. The van der Waals surface area contributed by atoms with Crippen LogP contribution >= 0.6 is 0 Å². The molecule has 0 aliphatic heterocycles. The highest BCUT2D eigenvalue weighted by molar-refractivity contribution is 6.02. The monoisotopic (exact) mass is 411 g/mol. The topological polar surface area (TPSA) is 90.3 Å². The van der Waals surface area contributed by atoms with Crippen LogP contribution in [0.4, 0.5) is 0 Å². The molecule has 1 aromatic carbocycles. The lowest BCUT2D eigenvalue weighted by atomic mass is 9.97. The number of hydrogen-bond acceptors (Lipinski definition) is 5. The van der Waals surface area contributed by atoms with E-state index in [1.165, 1.54) is 23.1 Å². The van der Waals surface area contributed by atoms with Crippen LogP contribution in [0.3, 0.4) is 0 Å². The summed E-state index contributed by atoms with van der Waals surface area (Å²) in [6, 6.07) is 6.81. The van der Waals surface area contributed by atoms with Crippen LogP contribution in [0.25, 0.3) is 10.8 Å². The van der Waals surface area contributed by atoms with E-state index in [4.69, 9.17) is 4.74 Å². The Balaban J connectivity index is 1.64. The Bertz CT molecular complexity index is 1010. The van der Waals surface area contributed by atoms with E-state index in [9.17, 15) is 14.4 Å². The number of esters is 1. The summed E-state index contributed by atoms with van der Waals surface area (Å²) >= 11 is 0. The van der Waals surface area contributed by atoms with Crippen LogP contribution in [0.15, 0.2) is 40.7 Å². The van der Waals surface area contributed by atoms with Crippen LogP contribution in [-0.2, 0) is 16.1 Å². The number of nitrogens with zero attached hydrogens (tertiary/aromatic N) is 2. The molecule has 2 aromatic rings. The number of benzene rings is 1. The van der Waals surface area contributed by atoms with Gasteiger partial charge in [0.2, 0.25) is 0 Å². The average Bonchev–Trinajstić information content (AvgIpc) is 2.74. The summed E-state index contributed by atoms with van der Waals surface area (Å²) < 4.78 is 6.49. The lowest BCUT2D eigenvalue weighted by Gasteiger charge is -2.13. The summed E-state index contributed by atoms with van der Waals surface area (Å²) in [5.41, 5.74) is 1.18. The van der Waals surface area contributed by atoms with Crippen LogP contribution in [0, 0.1) is 5.92 Å². The summed E-state index contributed by atoms with van der Waals surface area (Å²) in [7, 11) is 0. The first kappa shape index (κ1) is 21.7. The first-order chi connectivity index (χ1) is 14.5. The number of ether oxygens (including phenoxy) is 1. The number of hydrogen-bond donors (Lipinski definition) is 1. The standard InChI is InChI=1S/C23H29N3O4/c1-16(2)14-26-22(28)19-11-7-6-10-18(19)21(25-26)23(29)30-15-20(27)24-13-12-17-8-4-3-5-9-17/h6-8,10-11,16H,3-5,9,12-15H2,1-2H3,(H,24,27). The van der Waals surface area contributed by atoms with Crippen molar-refractivity contribution in [2.24, 2.45) is 5.92 Å². The number of carbonyl (C=O) groups is 2. The summed E-state index contributed by atoms with van der Waals surface area (Å²) in [6.45, 7) is 4.48. The Morgan fingerprint density at radius 2 is 1.97 bits per heavy atom. The Labute approximate surface area is 176 Å². The molecule has 0 radical (unpaired) electrons. The molecule has 7 nitrogen and oxygen atoms in total. The molecule has 7 heteroatoms. The lowest BCUT2D eigenvalue weighted by Crippen LogP contribution is -2.31. The van der Waals surface area contributed by atoms with Crippen molar-refractivity contribution in [2.75, 3.05) is 13.2 Å². The van der Waals surface area contributed by atoms with Gasteiger partial charge in [-0.25, -0.2) is 9.48 Å². The van der Waals surface area contributed by atoms with E-state index in [0.717, 1.165) is 19.3 Å². The molecule has 0 saturated carbocycles. The zero-order valence-corrected chi connectivity index (χ0v) is 17.6. The number of fused-ring (bicyclic) bond motifs is 1. The second kappa shape index (κ2) is 10.2. The van der Waals surface area contributed by atoms with Crippen LogP contribution < -0.4 is 10.9 Å². The van der Waals surface area contributed by atoms with Crippen molar-refractivity contribution in [3.05, 3.63) is 52.0 Å². The highest BCUT2D eigenvalue weighted by Crippen LogP contribution is 2.19. The van der Waals surface area contributed by atoms with E-state index >= 15 is 0 Å². The zero-order chi connectivity index (χ0) is 21.5. The van der Waals surface area contributed by atoms with Gasteiger partial charge in [0.05, 0.1) is 5.39 Å². The van der Waals surface area contributed by atoms with E-state index in [1.54, 1.807) is 24.3 Å². The van der Waals surface area contributed by atoms with Gasteiger partial charge in [-0.05, 0) is 44.1 Å². The fourth-order valence-electron chi connectivity index (χ4n) is 3.60. The van der Waals surface area contributed by atoms with E-state index in [2.05, 4.69) is 16.5 Å². The van der Waals surface area contributed by atoms with Crippen molar-refractivity contribution in [3.8, 4) is 0 Å². The van der Waals surface area contributed by atoms with Crippen molar-refractivity contribution in [1.82, 2.24) is 15.1 Å². The maximum absolute atomic E-state index is 12.6. The minimum atomic E-state index is -0.714. The zero-order valence-electron chi connectivity index (χ0n) is 17.6. The van der Waals surface area contributed by atoms with Gasteiger partial charge < -0.3 is 10.1 Å². The van der Waals surface area contributed by atoms with Gasteiger partial charge in [-0.2, -0.15) is 5.10 Å². The van der Waals surface area contributed by atoms with E-state index in [1.807, 2.05) is 13.8 Å². The maximum atomic E-state index is 12.6. The molecule has 1 aliphatic carbocycles. The predicted octanol–water partition coefficient (Wildman–Crippen LogP) is 3.22. The minimum Gasteiger partial charge on any atom is -0.451 e. The number of amides is 1. The fraction of sp³-hybridized carbons (Fsp3) is 0.478. The molecule has 0 unspecified atom stereocenters. The SMILES string of the molecule is CC(C)Cn1nc(C(=O)OCC(=O)NCCC2=CCCCC2)c2ccccc2c1=O. The molecule has 0 atom stereocenters. The van der Waals surface area contributed by atoms with Gasteiger partial charge in [0.15, 0.2) is 12.3 Å². The van der Waals surface area contributed by atoms with Crippen molar-refractivity contribution in [1.29, 1.82) is 0 Å². The highest BCUT2D eigenvalue weighted by Gasteiger charge is 2.19. The normalized spacial score (nSPS) is 13.9. The van der Waals surface area contributed by atoms with Crippen LogP contribution in [-0.4, -0.2) is 34.8 Å². The molecular formula is C23H29N3O4. The van der Waals surface area contributed by atoms with E-state index in [-0.39, 0.29) is 29.7 Å². The van der Waals surface area contributed by atoms with Crippen LogP contribution in [0.5, 0.6) is 0 Å². The number of aromatic nitrogens is 2. The molecule has 30 heavy (non-hydrogen) atoms. The molecule has 160 valence electrons. The largest absolute Gasteiger partial charge is 0.451 e. The molecule has 1 aliphatic rings. The highest BCUT2D eigenvalue weighted by atomic mass is 16.5. The predicted molar refractivity (Wildman–Crippen MR) is 115 cm³/mol. The van der Waals surface area contributed by atoms with Crippen LogP contribution in [0.2, 0.25) is 0 Å². The number of carbonyl (C=O) groups excluding carboxylic acids is 2. The Morgan fingerprint density at radius 3 is 2.67 bits per heavy atom. The molecule has 3 rings (SSSR count). The molecule has 1 amide bonds. The van der Waals surface area contributed by atoms with Gasteiger partial charge in [-0.15, -0.1) is 0 Å². The van der Waals surface area contributed by atoms with Crippen LogP contribution in [0.1, 0.15) is 56.4 Å². The summed E-state index contributed by atoms with van der Waals surface area (Å²) in [5.74, 6) is -0.876. The number of nitrogens with one attached hydrogen (secondary N) is 1. The molecule has 0 bridgehead atoms. The van der Waals surface area contributed by atoms with Gasteiger partial charge in [0, 0.05) is 18.5 Å². The Morgan fingerprint density at radius 1 is 1.20 bits per heavy atom. The van der Waals surface area contributed by atoms with E-state index < -0.39 is 5.97 Å². The van der Waals surface area contributed by atoms with Crippen molar-refractivity contribution in [2.45, 2.75) is 52.5 Å². The average molecular weight is 412 g/mol. The van der Waals surface area contributed by atoms with E-state index in [0.29, 0.717) is 23.9 Å². The molecule has 0 fully saturated rings. The van der Waals surface area contributed by atoms with Gasteiger partial charge in [-0.3, -0.25) is 9.59 Å². The smallest absolute Gasteiger partial charge is 0.359 e. The van der Waals surface area contributed by atoms with Crippen molar-refractivity contribution < 1.29 is 14.3 Å². The molecule has 0 spiro atoms. The van der Waals surface area contributed by atoms with Gasteiger partial charge >= 0.3 is 5.97 Å². The summed E-state index contributed by atoms with van der Waals surface area (Å²) in [4.78, 5) is 37.3. The first-order valence-electron chi connectivity index (χ1n) is 10.6. The lowest BCUT2D eigenvalue weighted by molar-refractivity contribution is -0.124. The third-order valence-electron chi connectivity index (χ3n) is 5.09. The summed E-state index contributed by atoms with van der Waals surface area (Å²) in [5, 5.41) is 7.86. The van der Waals surface area contributed by atoms with Crippen molar-refractivity contribution in [3.63, 3.8) is 0 Å². The molecule has 1 aromatic heterocycles.